The molecule has 0 amide bonds. The summed E-state index contributed by atoms with van der Waals surface area (Å²) in [5.74, 6) is -0.653. The highest BCUT2D eigenvalue weighted by Crippen LogP contribution is 2.58. The van der Waals surface area contributed by atoms with Gasteiger partial charge >= 0.3 is 0 Å². The summed E-state index contributed by atoms with van der Waals surface area (Å²) >= 11 is 3.65. The van der Waals surface area contributed by atoms with E-state index in [4.69, 9.17) is 0 Å². The molecule has 0 fully saturated rings. The predicted octanol–water partition coefficient (Wildman–Crippen LogP) is 24.9. The second-order valence-corrected chi connectivity index (χ2v) is 28.7. The maximum absolute atomic E-state index is 16.5. The van der Waals surface area contributed by atoms with Gasteiger partial charge in [-0.3, -0.25) is 0 Å². The number of benzene rings is 14. The maximum Gasteiger partial charge on any atom is 0.123 e. The summed E-state index contributed by atoms with van der Waals surface area (Å²) in [5, 5.41) is 16.3. The fraction of sp³-hybridized carbons (Fsp3) is 0.0805. The molecule has 7 heteroatoms. The Bertz CT molecular complexity index is 6350. The Morgan fingerprint density at radius 3 is 1.23 bits per heavy atom. The lowest BCUT2D eigenvalue weighted by Gasteiger charge is -2.41. The predicted molar refractivity (Wildman–Crippen MR) is 398 cm³/mol. The molecule has 0 atom stereocenters. The van der Waals surface area contributed by atoms with Gasteiger partial charge < -0.3 is 13.7 Å². The molecule has 0 spiro atoms. The molecule has 14 aromatic carbocycles. The van der Waals surface area contributed by atoms with Gasteiger partial charge in [-0.1, -0.05) is 214 Å². The minimum atomic E-state index is -0.982. The van der Waals surface area contributed by atoms with E-state index in [0.717, 1.165) is 116 Å². The van der Waals surface area contributed by atoms with Gasteiger partial charge in [0.2, 0.25) is 0 Å². The lowest BCUT2D eigenvalue weighted by atomic mass is 9.69. The highest BCUT2D eigenvalue weighted by molar-refractivity contribution is 7.26. The zero-order valence-corrected chi connectivity index (χ0v) is 53.7. The third kappa shape index (κ3) is 7.86. The first-order valence-corrected chi connectivity index (χ1v) is 34.0. The lowest BCUT2D eigenvalue weighted by molar-refractivity contribution is 0.460. The van der Waals surface area contributed by atoms with E-state index >= 15 is 8.78 Å². The molecule has 0 aliphatic rings. The largest absolute Gasteiger partial charge is 0.331 e. The van der Waals surface area contributed by atoms with Crippen molar-refractivity contribution in [3.8, 4) is 33.6 Å². The Labute approximate surface area is 548 Å². The van der Waals surface area contributed by atoms with Gasteiger partial charge in [0.25, 0.3) is 0 Å². The zero-order chi connectivity index (χ0) is 62.9. The first-order chi connectivity index (χ1) is 46.0. The second-order valence-electron chi connectivity index (χ2n) is 26.6. The molecule has 0 bridgehead atoms. The van der Waals surface area contributed by atoms with Crippen LogP contribution in [0.25, 0.3) is 161 Å². The molecule has 3 nitrogen and oxygen atoms in total. The molecule has 94 heavy (non-hydrogen) atoms. The SMILES string of the molecule is CC(C)(Cc1cc2ccccc2c2ccccc12)c1c(-c2ccc(F)cc2)c(-n2c3ccccc3c3ccc4sc5ccccc5c4c32)c(-c2ccc(F)cc2)c(C(C)(C)n2c3ccccc3c3ccccc32)c1-n1c2ccccc2c2ccc3sc4ccccc4c3c21. The van der Waals surface area contributed by atoms with E-state index in [2.05, 4.69) is 266 Å². The normalized spacial score (nSPS) is 12.6. The molecule has 5 heterocycles. The van der Waals surface area contributed by atoms with Crippen molar-refractivity contribution in [3.05, 3.63) is 301 Å². The first-order valence-electron chi connectivity index (χ1n) is 32.3. The molecule has 0 saturated heterocycles. The summed E-state index contributed by atoms with van der Waals surface area (Å²) in [5.41, 5.74) is 13.6. The second kappa shape index (κ2) is 20.4. The molecule has 0 aliphatic carbocycles. The number of rotatable bonds is 9. The van der Waals surface area contributed by atoms with Crippen LogP contribution in [0.4, 0.5) is 8.78 Å². The Hall–Kier alpha value is -10.7. The smallest absolute Gasteiger partial charge is 0.123 e. The van der Waals surface area contributed by atoms with Crippen LogP contribution in [0.5, 0.6) is 0 Å². The van der Waals surface area contributed by atoms with Crippen LogP contribution >= 0.6 is 22.7 Å². The Morgan fingerprint density at radius 1 is 0.330 bits per heavy atom. The molecular weight excluding hydrogens is 1190 g/mol. The van der Waals surface area contributed by atoms with Crippen LogP contribution < -0.4 is 0 Å². The summed E-state index contributed by atoms with van der Waals surface area (Å²) in [6, 6.07) is 97.3. The van der Waals surface area contributed by atoms with Crippen molar-refractivity contribution in [2.24, 2.45) is 0 Å². The van der Waals surface area contributed by atoms with Crippen molar-refractivity contribution in [1.29, 1.82) is 0 Å². The standard InChI is InChI=1S/C87H59F2N3S2/c1-86(2,50-54-49-53-21-5-6-22-57(53)59-24-8-7-23-58(54)59)80-76(51-37-41-55(88)42-38-51)84(90-68-31-15-9-27-62(68)64-45-47-74-78(82(64)90)66-29-13-19-35-72(66)93-74)77(52-39-43-56(89)44-40-52)81(87(3,4)92-70-33-17-11-25-60(70)61-26-12-18-34-71(61)92)85(80)91-69-32-16-10-28-63(69)65-46-48-75-79(83(65)91)67-30-14-20-36-73(67)94-75/h5-49H,50H2,1-4H3. The molecule has 0 saturated carbocycles. The number of fused-ring (bicyclic) bond motifs is 20. The fourth-order valence-corrected chi connectivity index (χ4v) is 18.9. The quantitative estimate of drug-likeness (QED) is 0.128. The van der Waals surface area contributed by atoms with Crippen LogP contribution in [0.15, 0.2) is 273 Å². The summed E-state index contributed by atoms with van der Waals surface area (Å²) in [4.78, 5) is 0. The van der Waals surface area contributed by atoms with Crippen molar-refractivity contribution in [2.75, 3.05) is 0 Å². The van der Waals surface area contributed by atoms with Gasteiger partial charge in [0.1, 0.15) is 11.6 Å². The van der Waals surface area contributed by atoms with Gasteiger partial charge in [-0.15, -0.1) is 22.7 Å². The minimum Gasteiger partial charge on any atom is -0.331 e. The van der Waals surface area contributed by atoms with Crippen molar-refractivity contribution in [1.82, 2.24) is 13.7 Å². The van der Waals surface area contributed by atoms with Crippen LogP contribution in [0, 0.1) is 11.6 Å². The summed E-state index contributed by atoms with van der Waals surface area (Å²) in [6.45, 7) is 9.77. The molecule has 448 valence electrons. The van der Waals surface area contributed by atoms with E-state index in [1.54, 1.807) is 24.3 Å². The van der Waals surface area contributed by atoms with E-state index in [9.17, 15) is 0 Å². The van der Waals surface area contributed by atoms with Gasteiger partial charge in [-0.2, -0.15) is 0 Å². The van der Waals surface area contributed by atoms with Gasteiger partial charge in [0.05, 0.1) is 39.0 Å². The van der Waals surface area contributed by atoms with Crippen LogP contribution in [0.3, 0.4) is 0 Å². The average molecular weight is 1250 g/mol. The zero-order valence-electron chi connectivity index (χ0n) is 52.1. The minimum absolute atomic E-state index is 0.325. The molecule has 0 N–H and O–H groups in total. The van der Waals surface area contributed by atoms with E-state index in [-0.39, 0.29) is 11.6 Å². The summed E-state index contributed by atoms with van der Waals surface area (Å²) in [7, 11) is 0. The van der Waals surface area contributed by atoms with Crippen LogP contribution in [-0.2, 0) is 17.4 Å². The van der Waals surface area contributed by atoms with Gasteiger partial charge in [0.15, 0.2) is 0 Å². The number of para-hydroxylation sites is 4. The molecule has 19 rings (SSSR count). The number of aromatic nitrogens is 3. The number of nitrogens with zero attached hydrogens (tertiary/aromatic N) is 3. The van der Waals surface area contributed by atoms with Gasteiger partial charge in [0, 0.05) is 100 Å². The monoisotopic (exact) mass is 1250 g/mol. The van der Waals surface area contributed by atoms with E-state index in [1.165, 1.54) is 62.1 Å². The highest BCUT2D eigenvalue weighted by atomic mass is 32.1. The summed E-state index contributed by atoms with van der Waals surface area (Å²) in [6.07, 6.45) is 0.602. The molecule has 0 radical (unpaired) electrons. The molecular formula is C87H59F2N3S2. The highest BCUT2D eigenvalue weighted by Gasteiger charge is 2.43. The van der Waals surface area contributed by atoms with Crippen molar-refractivity contribution in [2.45, 2.75) is 45.1 Å². The number of hydrogen-bond donors (Lipinski definition) is 0. The Balaban J connectivity index is 1.14. The van der Waals surface area contributed by atoms with Crippen LogP contribution in [-0.4, -0.2) is 13.7 Å². The van der Waals surface area contributed by atoms with Crippen LogP contribution in [0.2, 0.25) is 0 Å². The fourth-order valence-electron chi connectivity index (χ4n) is 16.7. The van der Waals surface area contributed by atoms with Crippen molar-refractivity contribution in [3.63, 3.8) is 0 Å². The molecule has 19 aromatic rings. The van der Waals surface area contributed by atoms with E-state index < -0.39 is 11.0 Å². The Morgan fingerprint density at radius 2 is 0.723 bits per heavy atom. The van der Waals surface area contributed by atoms with E-state index in [1.807, 2.05) is 46.9 Å². The van der Waals surface area contributed by atoms with Crippen LogP contribution in [0.1, 0.15) is 44.4 Å². The number of thiophene rings is 2. The Kier molecular flexibility index (Phi) is 11.9. The molecule has 0 aliphatic heterocycles. The summed E-state index contributed by atoms with van der Waals surface area (Å²) < 4.78 is 45.5. The third-order valence-corrected chi connectivity index (χ3v) is 22.7. The first kappa shape index (κ1) is 55.0. The number of halogens is 2. The third-order valence-electron chi connectivity index (χ3n) is 20.4. The van der Waals surface area contributed by atoms with Gasteiger partial charge in [-0.05, 0) is 142 Å². The average Bonchev–Trinajstić information content (AvgIpc) is 1.38. The van der Waals surface area contributed by atoms with Crippen molar-refractivity contribution < 1.29 is 8.78 Å². The van der Waals surface area contributed by atoms with Crippen molar-refractivity contribution >= 4 is 150 Å². The molecule has 0 unspecified atom stereocenters. The topological polar surface area (TPSA) is 14.8 Å². The number of hydrogen-bond acceptors (Lipinski definition) is 2. The molecule has 5 aromatic heterocycles. The van der Waals surface area contributed by atoms with E-state index in [0.29, 0.717) is 6.42 Å². The maximum atomic E-state index is 16.5. The van der Waals surface area contributed by atoms with Gasteiger partial charge in [-0.25, -0.2) is 8.78 Å². The lowest BCUT2D eigenvalue weighted by Crippen LogP contribution is -2.34.